The maximum absolute atomic E-state index is 12.2. The molecule has 4 heteroatoms. The third-order valence-corrected chi connectivity index (χ3v) is 4.21. The number of aromatic hydroxyl groups is 1. The SMILES string of the molecule is Cc1c(O)ccc2oc(=O)c3c(c12)OC(C)C3(C)C. The maximum Gasteiger partial charge on any atom is 0.343 e. The quantitative estimate of drug-likeness (QED) is 0.740. The molecule has 2 aromatic rings. The van der Waals surface area contributed by atoms with Gasteiger partial charge in [-0.1, -0.05) is 13.8 Å². The Hall–Kier alpha value is -1.97. The van der Waals surface area contributed by atoms with Crippen LogP contribution in [0.5, 0.6) is 11.5 Å². The highest BCUT2D eigenvalue weighted by molar-refractivity contribution is 5.90. The summed E-state index contributed by atoms with van der Waals surface area (Å²) in [5.41, 5.74) is 0.914. The van der Waals surface area contributed by atoms with Gasteiger partial charge in [-0.25, -0.2) is 4.79 Å². The van der Waals surface area contributed by atoms with Crippen molar-refractivity contribution in [1.29, 1.82) is 0 Å². The molecule has 0 radical (unpaired) electrons. The molecular weight excluding hydrogens is 244 g/mol. The molecule has 19 heavy (non-hydrogen) atoms. The van der Waals surface area contributed by atoms with Crippen molar-refractivity contribution in [1.82, 2.24) is 0 Å². The van der Waals surface area contributed by atoms with Crippen molar-refractivity contribution in [2.45, 2.75) is 39.2 Å². The maximum atomic E-state index is 12.2. The molecule has 100 valence electrons. The molecule has 0 saturated heterocycles. The van der Waals surface area contributed by atoms with Gasteiger partial charge in [-0.2, -0.15) is 0 Å². The van der Waals surface area contributed by atoms with Gasteiger partial charge in [-0.15, -0.1) is 0 Å². The summed E-state index contributed by atoms with van der Waals surface area (Å²) >= 11 is 0. The summed E-state index contributed by atoms with van der Waals surface area (Å²) in [6.07, 6.45) is -0.113. The lowest BCUT2D eigenvalue weighted by Crippen LogP contribution is -2.32. The fourth-order valence-electron chi connectivity index (χ4n) is 2.61. The predicted molar refractivity (Wildman–Crippen MR) is 72.0 cm³/mol. The first-order chi connectivity index (χ1) is 8.84. The van der Waals surface area contributed by atoms with E-state index in [0.717, 1.165) is 0 Å². The first-order valence-corrected chi connectivity index (χ1v) is 6.30. The van der Waals surface area contributed by atoms with Crippen LogP contribution in [0.4, 0.5) is 0 Å². The summed E-state index contributed by atoms with van der Waals surface area (Å²) in [4.78, 5) is 12.2. The van der Waals surface area contributed by atoms with E-state index in [0.29, 0.717) is 27.8 Å². The van der Waals surface area contributed by atoms with E-state index in [-0.39, 0.29) is 17.5 Å². The molecule has 1 unspecified atom stereocenters. The van der Waals surface area contributed by atoms with E-state index in [9.17, 15) is 9.90 Å². The van der Waals surface area contributed by atoms with Crippen LogP contribution in [0.2, 0.25) is 0 Å². The predicted octanol–water partition coefficient (Wildman–Crippen LogP) is 2.87. The Morgan fingerprint density at radius 2 is 2.00 bits per heavy atom. The number of benzene rings is 1. The standard InChI is InChI=1S/C15H16O4/c1-7-9(16)5-6-10-11(7)13-12(14(17)19-10)15(3,4)8(2)18-13/h5-6,8,16H,1-4H3. The summed E-state index contributed by atoms with van der Waals surface area (Å²) in [5.74, 6) is 0.724. The number of phenolic OH excluding ortho intramolecular Hbond substituents is 1. The van der Waals surface area contributed by atoms with Crippen LogP contribution in [0.1, 0.15) is 31.9 Å². The first-order valence-electron chi connectivity index (χ1n) is 6.30. The van der Waals surface area contributed by atoms with Crippen LogP contribution in [-0.4, -0.2) is 11.2 Å². The van der Waals surface area contributed by atoms with Gasteiger partial charge in [-0.05, 0) is 26.0 Å². The number of ether oxygens (including phenoxy) is 1. The fourth-order valence-corrected chi connectivity index (χ4v) is 2.61. The summed E-state index contributed by atoms with van der Waals surface area (Å²) < 4.78 is 11.3. The van der Waals surface area contributed by atoms with Crippen molar-refractivity contribution < 1.29 is 14.3 Å². The summed E-state index contributed by atoms with van der Waals surface area (Å²) in [6, 6.07) is 3.12. The first kappa shape index (κ1) is 12.1. The van der Waals surface area contributed by atoms with E-state index in [2.05, 4.69) is 0 Å². The van der Waals surface area contributed by atoms with Crippen molar-refractivity contribution in [2.75, 3.05) is 0 Å². The number of aryl methyl sites for hydroxylation is 1. The molecule has 1 aliphatic heterocycles. The zero-order valence-corrected chi connectivity index (χ0v) is 11.4. The molecule has 1 aromatic carbocycles. The van der Waals surface area contributed by atoms with Crippen LogP contribution in [0.3, 0.4) is 0 Å². The minimum Gasteiger partial charge on any atom is -0.508 e. The van der Waals surface area contributed by atoms with Gasteiger partial charge in [-0.3, -0.25) is 0 Å². The largest absolute Gasteiger partial charge is 0.508 e. The molecule has 0 saturated carbocycles. The molecule has 1 aromatic heterocycles. The van der Waals surface area contributed by atoms with Gasteiger partial charge < -0.3 is 14.3 Å². The Balaban J connectivity index is 2.52. The second-order valence-electron chi connectivity index (χ2n) is 5.66. The van der Waals surface area contributed by atoms with Crippen LogP contribution in [0, 0.1) is 6.92 Å². The second kappa shape index (κ2) is 3.53. The average molecular weight is 260 g/mol. The van der Waals surface area contributed by atoms with Crippen LogP contribution >= 0.6 is 0 Å². The van der Waals surface area contributed by atoms with E-state index in [1.54, 1.807) is 13.0 Å². The summed E-state index contributed by atoms with van der Waals surface area (Å²) in [6.45, 7) is 7.65. The van der Waals surface area contributed by atoms with Crippen LogP contribution in [-0.2, 0) is 5.41 Å². The number of hydrogen-bond donors (Lipinski definition) is 1. The van der Waals surface area contributed by atoms with Gasteiger partial charge in [0.1, 0.15) is 23.2 Å². The molecule has 1 N–H and O–H groups in total. The highest BCUT2D eigenvalue weighted by atomic mass is 16.5. The molecule has 0 amide bonds. The van der Waals surface area contributed by atoms with Gasteiger partial charge >= 0.3 is 5.63 Å². The van der Waals surface area contributed by atoms with E-state index in [4.69, 9.17) is 9.15 Å². The third kappa shape index (κ3) is 1.43. The average Bonchev–Trinajstić information content (AvgIpc) is 2.56. The smallest absolute Gasteiger partial charge is 0.343 e. The zero-order chi connectivity index (χ0) is 13.9. The van der Waals surface area contributed by atoms with Gasteiger partial charge in [0.15, 0.2) is 0 Å². The molecule has 0 aliphatic carbocycles. The van der Waals surface area contributed by atoms with E-state index in [1.165, 1.54) is 6.07 Å². The molecule has 0 bridgehead atoms. The monoisotopic (exact) mass is 260 g/mol. The van der Waals surface area contributed by atoms with Crippen LogP contribution in [0.15, 0.2) is 21.3 Å². The number of fused-ring (bicyclic) bond motifs is 3. The Labute approximate surface area is 110 Å². The lowest BCUT2D eigenvalue weighted by atomic mass is 9.82. The number of hydrogen-bond acceptors (Lipinski definition) is 4. The number of rotatable bonds is 0. The van der Waals surface area contributed by atoms with Gasteiger partial charge in [0, 0.05) is 11.0 Å². The lowest BCUT2D eigenvalue weighted by molar-refractivity contribution is 0.187. The van der Waals surface area contributed by atoms with Crippen LogP contribution in [0.25, 0.3) is 11.0 Å². The Kier molecular flexibility index (Phi) is 2.24. The molecule has 3 rings (SSSR count). The highest BCUT2D eigenvalue weighted by Crippen LogP contribution is 2.46. The minimum atomic E-state index is -0.401. The molecule has 2 heterocycles. The third-order valence-electron chi connectivity index (χ3n) is 4.21. The van der Waals surface area contributed by atoms with Crippen molar-refractivity contribution in [3.8, 4) is 11.5 Å². The Bertz CT molecular complexity index is 740. The van der Waals surface area contributed by atoms with Crippen molar-refractivity contribution in [2.24, 2.45) is 0 Å². The minimum absolute atomic E-state index is 0.113. The van der Waals surface area contributed by atoms with Gasteiger partial charge in [0.05, 0.1) is 10.9 Å². The van der Waals surface area contributed by atoms with Crippen molar-refractivity contribution >= 4 is 11.0 Å². The molecule has 0 fully saturated rings. The summed E-state index contributed by atoms with van der Waals surface area (Å²) in [5, 5.41) is 10.5. The number of phenols is 1. The van der Waals surface area contributed by atoms with Gasteiger partial charge in [0.2, 0.25) is 0 Å². The Morgan fingerprint density at radius 1 is 1.32 bits per heavy atom. The van der Waals surface area contributed by atoms with E-state index >= 15 is 0 Å². The zero-order valence-electron chi connectivity index (χ0n) is 11.4. The van der Waals surface area contributed by atoms with E-state index < -0.39 is 5.41 Å². The molecule has 0 spiro atoms. The molecule has 4 nitrogen and oxygen atoms in total. The topological polar surface area (TPSA) is 59.7 Å². The lowest BCUT2D eigenvalue weighted by Gasteiger charge is -2.20. The molecule has 1 aliphatic rings. The molecular formula is C15H16O4. The second-order valence-corrected chi connectivity index (χ2v) is 5.66. The van der Waals surface area contributed by atoms with Gasteiger partial charge in [0.25, 0.3) is 0 Å². The summed E-state index contributed by atoms with van der Waals surface area (Å²) in [7, 11) is 0. The highest BCUT2D eigenvalue weighted by Gasteiger charge is 2.43. The van der Waals surface area contributed by atoms with Crippen molar-refractivity contribution in [3.63, 3.8) is 0 Å². The molecule has 1 atom stereocenters. The van der Waals surface area contributed by atoms with E-state index in [1.807, 2.05) is 20.8 Å². The van der Waals surface area contributed by atoms with Crippen LogP contribution < -0.4 is 10.4 Å². The Morgan fingerprint density at radius 3 is 2.68 bits per heavy atom. The fraction of sp³-hybridized carbons (Fsp3) is 0.400. The van der Waals surface area contributed by atoms with Crippen molar-refractivity contribution in [3.05, 3.63) is 33.7 Å². The normalized spacial score (nSPS) is 20.3.